The molecule has 0 aliphatic heterocycles. The van der Waals surface area contributed by atoms with E-state index < -0.39 is 17.6 Å². The van der Waals surface area contributed by atoms with Gasteiger partial charge in [-0.1, -0.05) is 12.1 Å². The van der Waals surface area contributed by atoms with Crippen LogP contribution in [0.2, 0.25) is 0 Å². The third-order valence-corrected chi connectivity index (χ3v) is 2.68. The van der Waals surface area contributed by atoms with Gasteiger partial charge in [0.1, 0.15) is 5.82 Å². The zero-order chi connectivity index (χ0) is 14.8. The van der Waals surface area contributed by atoms with Crippen molar-refractivity contribution < 1.29 is 17.6 Å². The first kappa shape index (κ1) is 14.0. The van der Waals surface area contributed by atoms with Crippen LogP contribution in [0.3, 0.4) is 0 Å². The lowest BCUT2D eigenvalue weighted by molar-refractivity contribution is -0.137. The number of nitrogens with zero attached hydrogens (tertiary/aromatic N) is 2. The molecule has 0 N–H and O–H groups in total. The Morgan fingerprint density at radius 2 is 1.95 bits per heavy atom. The monoisotopic (exact) mass is 280 g/mol. The van der Waals surface area contributed by atoms with E-state index >= 15 is 0 Å². The number of hydrogen-bond acceptors (Lipinski definition) is 2. The van der Waals surface area contributed by atoms with Gasteiger partial charge in [0.15, 0.2) is 0 Å². The number of hydrogen-bond donors (Lipinski definition) is 0. The van der Waals surface area contributed by atoms with Crippen LogP contribution in [0.5, 0.6) is 0 Å². The maximum Gasteiger partial charge on any atom is 0.417 e. The minimum absolute atomic E-state index is 0.112. The Morgan fingerprint density at radius 3 is 2.55 bits per heavy atom. The number of pyridine rings is 1. The van der Waals surface area contributed by atoms with Crippen LogP contribution in [0.15, 0.2) is 36.5 Å². The molecule has 0 bridgehead atoms. The molecule has 0 saturated heterocycles. The van der Waals surface area contributed by atoms with Gasteiger partial charge in [0.25, 0.3) is 0 Å². The van der Waals surface area contributed by atoms with Gasteiger partial charge in [-0.25, -0.2) is 4.39 Å². The van der Waals surface area contributed by atoms with Gasteiger partial charge in [0.05, 0.1) is 23.7 Å². The summed E-state index contributed by atoms with van der Waals surface area (Å²) in [6, 6.07) is 7.87. The van der Waals surface area contributed by atoms with Crippen LogP contribution in [-0.2, 0) is 12.6 Å². The SMILES string of the molecule is N#CCc1ncc(C(F)(F)F)cc1-c1cccc(F)c1. The van der Waals surface area contributed by atoms with Crippen LogP contribution < -0.4 is 0 Å². The molecule has 2 aromatic rings. The van der Waals surface area contributed by atoms with E-state index in [1.807, 2.05) is 6.07 Å². The van der Waals surface area contributed by atoms with Crippen LogP contribution in [0, 0.1) is 17.1 Å². The zero-order valence-corrected chi connectivity index (χ0v) is 10.1. The maximum absolute atomic E-state index is 13.2. The average molecular weight is 280 g/mol. The lowest BCUT2D eigenvalue weighted by atomic mass is 10.0. The summed E-state index contributed by atoms with van der Waals surface area (Å²) in [4.78, 5) is 3.68. The molecule has 0 saturated carbocycles. The molecule has 1 aromatic carbocycles. The summed E-state index contributed by atoms with van der Waals surface area (Å²) in [5.74, 6) is -0.567. The molecule has 1 heterocycles. The topological polar surface area (TPSA) is 36.7 Å². The molecule has 0 atom stereocenters. The predicted octanol–water partition coefficient (Wildman–Crippen LogP) is 3.97. The highest BCUT2D eigenvalue weighted by atomic mass is 19.4. The molecule has 1 aromatic heterocycles. The summed E-state index contributed by atoms with van der Waals surface area (Å²) >= 11 is 0. The second-order valence-corrected chi connectivity index (χ2v) is 4.06. The van der Waals surface area contributed by atoms with Crippen molar-refractivity contribution in [3.05, 3.63) is 53.6 Å². The minimum atomic E-state index is -4.54. The summed E-state index contributed by atoms with van der Waals surface area (Å²) in [7, 11) is 0. The highest BCUT2D eigenvalue weighted by molar-refractivity contribution is 5.67. The lowest BCUT2D eigenvalue weighted by Gasteiger charge is -2.11. The Labute approximate surface area is 112 Å². The largest absolute Gasteiger partial charge is 0.417 e. The maximum atomic E-state index is 13.2. The van der Waals surface area contributed by atoms with E-state index in [1.165, 1.54) is 18.2 Å². The molecule has 0 aliphatic rings. The normalized spacial score (nSPS) is 11.2. The van der Waals surface area contributed by atoms with E-state index in [2.05, 4.69) is 4.98 Å². The molecule has 0 fully saturated rings. The van der Waals surface area contributed by atoms with E-state index in [0.29, 0.717) is 6.20 Å². The van der Waals surface area contributed by atoms with Gasteiger partial charge in [-0.05, 0) is 23.8 Å². The fraction of sp³-hybridized carbons (Fsp3) is 0.143. The molecule has 20 heavy (non-hydrogen) atoms. The van der Waals surface area contributed by atoms with Gasteiger partial charge in [-0.3, -0.25) is 4.98 Å². The Morgan fingerprint density at radius 1 is 1.20 bits per heavy atom. The number of halogens is 4. The standard InChI is InChI=1S/C14H8F4N2/c15-11-3-1-2-9(6-11)12-7-10(14(16,17)18)8-20-13(12)4-5-19/h1-3,6-8H,4H2. The zero-order valence-electron chi connectivity index (χ0n) is 10.1. The Balaban J connectivity index is 2.61. The smallest absolute Gasteiger partial charge is 0.259 e. The molecule has 0 spiro atoms. The van der Waals surface area contributed by atoms with Crippen molar-refractivity contribution in [3.8, 4) is 17.2 Å². The molecule has 2 rings (SSSR count). The number of alkyl halides is 3. The Hall–Kier alpha value is -2.42. The highest BCUT2D eigenvalue weighted by Crippen LogP contribution is 2.33. The summed E-state index contributed by atoms with van der Waals surface area (Å²) in [5, 5.41) is 8.69. The number of aromatic nitrogens is 1. The number of rotatable bonds is 2. The fourth-order valence-corrected chi connectivity index (χ4v) is 1.77. The Kier molecular flexibility index (Phi) is 3.70. The van der Waals surface area contributed by atoms with Crippen LogP contribution in [0.4, 0.5) is 17.6 Å². The van der Waals surface area contributed by atoms with Gasteiger partial charge in [0.2, 0.25) is 0 Å². The van der Waals surface area contributed by atoms with Gasteiger partial charge in [0, 0.05) is 11.8 Å². The molecule has 0 unspecified atom stereocenters. The van der Waals surface area contributed by atoms with Gasteiger partial charge >= 0.3 is 6.18 Å². The van der Waals surface area contributed by atoms with Crippen LogP contribution in [0.1, 0.15) is 11.3 Å². The molecule has 0 aliphatic carbocycles. The van der Waals surface area contributed by atoms with Crippen molar-refractivity contribution in [3.63, 3.8) is 0 Å². The lowest BCUT2D eigenvalue weighted by Crippen LogP contribution is -2.07. The van der Waals surface area contributed by atoms with Gasteiger partial charge in [-0.15, -0.1) is 0 Å². The second-order valence-electron chi connectivity index (χ2n) is 4.06. The molecular weight excluding hydrogens is 272 g/mol. The van der Waals surface area contributed by atoms with Crippen molar-refractivity contribution in [1.29, 1.82) is 5.26 Å². The minimum Gasteiger partial charge on any atom is -0.259 e. The summed E-state index contributed by atoms with van der Waals surface area (Å²) < 4.78 is 51.3. The molecule has 102 valence electrons. The molecule has 0 radical (unpaired) electrons. The first-order chi connectivity index (χ1) is 9.41. The summed E-state index contributed by atoms with van der Waals surface area (Å²) in [5.41, 5.74) is -0.376. The van der Waals surface area contributed by atoms with Crippen molar-refractivity contribution in [2.75, 3.05) is 0 Å². The van der Waals surface area contributed by atoms with E-state index in [0.717, 1.165) is 12.1 Å². The van der Waals surface area contributed by atoms with E-state index in [9.17, 15) is 17.6 Å². The first-order valence-electron chi connectivity index (χ1n) is 5.61. The van der Waals surface area contributed by atoms with Gasteiger partial charge in [-0.2, -0.15) is 18.4 Å². The molecule has 0 amide bonds. The summed E-state index contributed by atoms with van der Waals surface area (Å²) in [6.07, 6.45) is -4.01. The van der Waals surface area contributed by atoms with E-state index in [-0.39, 0.29) is 23.2 Å². The van der Waals surface area contributed by atoms with Crippen molar-refractivity contribution in [2.45, 2.75) is 12.6 Å². The number of nitriles is 1. The van der Waals surface area contributed by atoms with E-state index in [1.54, 1.807) is 0 Å². The first-order valence-corrected chi connectivity index (χ1v) is 5.61. The second kappa shape index (κ2) is 5.29. The fourth-order valence-electron chi connectivity index (χ4n) is 1.77. The van der Waals surface area contributed by atoms with Gasteiger partial charge < -0.3 is 0 Å². The molecule has 6 heteroatoms. The third-order valence-electron chi connectivity index (χ3n) is 2.68. The Bertz CT molecular complexity index is 672. The van der Waals surface area contributed by atoms with Crippen molar-refractivity contribution >= 4 is 0 Å². The molecule has 2 nitrogen and oxygen atoms in total. The van der Waals surface area contributed by atoms with E-state index in [4.69, 9.17) is 5.26 Å². The average Bonchev–Trinajstić information content (AvgIpc) is 2.38. The quantitative estimate of drug-likeness (QED) is 0.780. The molecular formula is C14H8F4N2. The highest BCUT2D eigenvalue weighted by Gasteiger charge is 2.31. The van der Waals surface area contributed by atoms with Crippen molar-refractivity contribution in [2.24, 2.45) is 0 Å². The van der Waals surface area contributed by atoms with Crippen LogP contribution >= 0.6 is 0 Å². The predicted molar refractivity (Wildman–Crippen MR) is 64.0 cm³/mol. The van der Waals surface area contributed by atoms with Crippen LogP contribution in [-0.4, -0.2) is 4.98 Å². The summed E-state index contributed by atoms with van der Waals surface area (Å²) in [6.45, 7) is 0. The van der Waals surface area contributed by atoms with Crippen molar-refractivity contribution in [1.82, 2.24) is 4.98 Å². The third kappa shape index (κ3) is 2.94. The van der Waals surface area contributed by atoms with Crippen LogP contribution in [0.25, 0.3) is 11.1 Å². The number of benzene rings is 1.